The Balaban J connectivity index is 0.978. The highest BCUT2D eigenvalue weighted by Crippen LogP contribution is 2.64. The van der Waals surface area contributed by atoms with Crippen LogP contribution in [0.5, 0.6) is 5.75 Å². The van der Waals surface area contributed by atoms with Crippen molar-refractivity contribution in [2.75, 3.05) is 39.5 Å². The molecule has 2 N–H and O–H groups in total. The van der Waals surface area contributed by atoms with Gasteiger partial charge in [0.25, 0.3) is 0 Å². The van der Waals surface area contributed by atoms with Gasteiger partial charge in [-0.15, -0.1) is 0 Å². The Morgan fingerprint density at radius 3 is 2.08 bits per heavy atom. The van der Waals surface area contributed by atoms with Crippen LogP contribution >= 0.6 is 0 Å². The molecule has 0 unspecified atom stereocenters. The van der Waals surface area contributed by atoms with E-state index in [2.05, 4.69) is 29.2 Å². The second kappa shape index (κ2) is 10.5. The predicted octanol–water partition coefficient (Wildman–Crippen LogP) is 4.23. The summed E-state index contributed by atoms with van der Waals surface area (Å²) in [7, 11) is 0. The Kier molecular flexibility index (Phi) is 7.32. The van der Waals surface area contributed by atoms with Gasteiger partial charge in [-0.1, -0.05) is 12.1 Å². The second-order valence-corrected chi connectivity index (χ2v) is 12.0. The highest BCUT2D eigenvalue weighted by Gasteiger charge is 2.66. The normalized spacial score (nSPS) is 39.0. The average Bonchev–Trinajstić information content (AvgIpc) is 3.26. The van der Waals surface area contributed by atoms with Gasteiger partial charge in [0.05, 0.1) is 19.8 Å². The van der Waals surface area contributed by atoms with Gasteiger partial charge in [0.1, 0.15) is 5.75 Å². The lowest BCUT2D eigenvalue weighted by Crippen LogP contribution is -2.59. The molecule has 1 saturated heterocycles. The van der Waals surface area contributed by atoms with E-state index >= 15 is 0 Å². The van der Waals surface area contributed by atoms with Gasteiger partial charge in [-0.3, -0.25) is 4.90 Å². The van der Waals surface area contributed by atoms with Crippen LogP contribution in [0.1, 0.15) is 75.7 Å². The largest absolute Gasteiger partial charge is 0.494 e. The molecule has 7 rings (SSSR count). The van der Waals surface area contributed by atoms with Crippen molar-refractivity contribution in [1.82, 2.24) is 4.90 Å². The average molecular weight is 502 g/mol. The minimum atomic E-state index is -0.547. The molecule has 36 heavy (non-hydrogen) atoms. The number of hydrogen-bond acceptors (Lipinski definition) is 7. The summed E-state index contributed by atoms with van der Waals surface area (Å²) in [6, 6.07) is 8.56. The molecule has 1 heterocycles. The molecule has 1 aromatic carbocycles. The standard InChI is InChI=1S/C29H43NO6/c31-13-11-30(12-14-32)10-1-15-33-27-4-2-23(3-5-27)24-6-8-28(9-7-24)34-29(36-35-28)25-17-21-16-22(19-25)20-26(29)18-21/h2-5,21-22,24-26,31-32H,1,6-20H2. The van der Waals surface area contributed by atoms with Gasteiger partial charge in [-0.05, 0) is 86.8 Å². The maximum absolute atomic E-state index is 9.12. The van der Waals surface area contributed by atoms with Crippen LogP contribution < -0.4 is 4.74 Å². The van der Waals surface area contributed by atoms with Crippen LogP contribution in [0.15, 0.2) is 24.3 Å². The minimum Gasteiger partial charge on any atom is -0.494 e. The first kappa shape index (κ1) is 25.1. The highest BCUT2D eigenvalue weighted by molar-refractivity contribution is 5.30. The summed E-state index contributed by atoms with van der Waals surface area (Å²) in [5.74, 6) is 3.20. The Labute approximate surface area is 215 Å². The molecule has 1 aliphatic heterocycles. The number of rotatable bonds is 10. The molecule has 200 valence electrons. The van der Waals surface area contributed by atoms with Crippen LogP contribution in [-0.4, -0.2) is 66.1 Å². The van der Waals surface area contributed by atoms with Gasteiger partial charge in [-0.25, -0.2) is 0 Å². The second-order valence-electron chi connectivity index (χ2n) is 12.0. The molecule has 6 fully saturated rings. The number of aliphatic hydroxyl groups is 2. The summed E-state index contributed by atoms with van der Waals surface area (Å²) in [6.45, 7) is 2.82. The van der Waals surface area contributed by atoms with Crippen molar-refractivity contribution < 1.29 is 29.5 Å². The van der Waals surface area contributed by atoms with Crippen LogP contribution in [0.4, 0.5) is 0 Å². The highest BCUT2D eigenvalue weighted by atomic mass is 17.3. The molecular formula is C29H43NO6. The lowest BCUT2D eigenvalue weighted by molar-refractivity contribution is -0.390. The SMILES string of the molecule is OCCN(CCO)CCCOc1ccc(C2CCC3(CC2)OOC2(O3)C3CC4CC(C3)CC2C4)cc1. The van der Waals surface area contributed by atoms with Crippen molar-refractivity contribution in [3.8, 4) is 5.75 Å². The van der Waals surface area contributed by atoms with Gasteiger partial charge in [-0.2, -0.15) is 9.78 Å². The quantitative estimate of drug-likeness (QED) is 0.367. The van der Waals surface area contributed by atoms with E-state index in [1.165, 1.54) is 37.7 Å². The van der Waals surface area contributed by atoms with Crippen LogP contribution in [-0.2, 0) is 14.5 Å². The summed E-state index contributed by atoms with van der Waals surface area (Å²) in [5.41, 5.74) is 1.36. The van der Waals surface area contributed by atoms with Crippen molar-refractivity contribution in [3.05, 3.63) is 29.8 Å². The van der Waals surface area contributed by atoms with E-state index in [0.29, 0.717) is 37.5 Å². The molecule has 0 radical (unpaired) electrons. The first-order valence-electron chi connectivity index (χ1n) is 14.4. The van der Waals surface area contributed by atoms with Gasteiger partial charge in [0.15, 0.2) is 0 Å². The molecule has 5 saturated carbocycles. The third-order valence-electron chi connectivity index (χ3n) is 9.76. The zero-order chi connectivity index (χ0) is 24.6. The summed E-state index contributed by atoms with van der Waals surface area (Å²) in [5, 5.41) is 18.2. The molecule has 7 nitrogen and oxygen atoms in total. The molecule has 0 aromatic heterocycles. The smallest absolute Gasteiger partial charge is 0.210 e. The predicted molar refractivity (Wildman–Crippen MR) is 134 cm³/mol. The number of ether oxygens (including phenoxy) is 2. The molecular weight excluding hydrogens is 458 g/mol. The van der Waals surface area contributed by atoms with Crippen LogP contribution in [0.25, 0.3) is 0 Å². The molecule has 0 atom stereocenters. The first-order chi connectivity index (χ1) is 17.6. The van der Waals surface area contributed by atoms with Crippen molar-refractivity contribution in [2.45, 2.75) is 81.7 Å². The van der Waals surface area contributed by atoms with Gasteiger partial charge in [0, 0.05) is 44.3 Å². The molecule has 5 aliphatic carbocycles. The molecule has 6 aliphatic rings. The number of hydrogen-bond donors (Lipinski definition) is 2. The molecule has 1 aromatic rings. The van der Waals surface area contributed by atoms with Gasteiger partial charge < -0.3 is 19.7 Å². The fourth-order valence-corrected chi connectivity index (χ4v) is 8.12. The van der Waals surface area contributed by atoms with Crippen LogP contribution in [0.3, 0.4) is 0 Å². The number of nitrogens with zero attached hydrogens (tertiary/aromatic N) is 1. The summed E-state index contributed by atoms with van der Waals surface area (Å²) in [4.78, 5) is 14.3. The van der Waals surface area contributed by atoms with E-state index in [-0.39, 0.29) is 13.2 Å². The topological polar surface area (TPSA) is 80.6 Å². The fraction of sp³-hybridized carbons (Fsp3) is 0.793. The van der Waals surface area contributed by atoms with E-state index < -0.39 is 11.6 Å². The van der Waals surface area contributed by atoms with Crippen LogP contribution in [0, 0.1) is 23.7 Å². The lowest BCUT2D eigenvalue weighted by atomic mass is 9.53. The van der Waals surface area contributed by atoms with Crippen molar-refractivity contribution in [1.29, 1.82) is 0 Å². The summed E-state index contributed by atoms with van der Waals surface area (Å²) in [6.07, 6.45) is 11.2. The van der Waals surface area contributed by atoms with Crippen molar-refractivity contribution in [3.63, 3.8) is 0 Å². The third kappa shape index (κ3) is 4.83. The van der Waals surface area contributed by atoms with E-state index in [1.54, 1.807) is 0 Å². The Morgan fingerprint density at radius 1 is 0.833 bits per heavy atom. The maximum atomic E-state index is 9.12. The lowest BCUT2D eigenvalue weighted by Gasteiger charge is -2.57. The summed E-state index contributed by atoms with van der Waals surface area (Å²) < 4.78 is 12.8. The van der Waals surface area contributed by atoms with Gasteiger partial charge in [0.2, 0.25) is 11.6 Å². The molecule has 0 amide bonds. The van der Waals surface area contributed by atoms with E-state index in [4.69, 9.17) is 29.5 Å². The Bertz CT molecular complexity index is 833. The zero-order valence-corrected chi connectivity index (χ0v) is 21.5. The third-order valence-corrected chi connectivity index (χ3v) is 9.76. The first-order valence-corrected chi connectivity index (χ1v) is 14.4. The summed E-state index contributed by atoms with van der Waals surface area (Å²) >= 11 is 0. The zero-order valence-electron chi connectivity index (χ0n) is 21.5. The monoisotopic (exact) mass is 501 g/mol. The molecule has 2 spiro atoms. The van der Waals surface area contributed by atoms with Crippen molar-refractivity contribution >= 4 is 0 Å². The Morgan fingerprint density at radius 2 is 1.47 bits per heavy atom. The number of aliphatic hydroxyl groups excluding tert-OH is 2. The van der Waals surface area contributed by atoms with E-state index in [9.17, 15) is 0 Å². The van der Waals surface area contributed by atoms with Gasteiger partial charge >= 0.3 is 0 Å². The van der Waals surface area contributed by atoms with E-state index in [0.717, 1.165) is 56.2 Å². The van der Waals surface area contributed by atoms with Crippen LogP contribution in [0.2, 0.25) is 0 Å². The number of benzene rings is 1. The maximum Gasteiger partial charge on any atom is 0.210 e. The molecule has 4 bridgehead atoms. The fourth-order valence-electron chi connectivity index (χ4n) is 8.12. The van der Waals surface area contributed by atoms with Crippen molar-refractivity contribution in [2.24, 2.45) is 23.7 Å². The minimum absolute atomic E-state index is 0.110. The Hall–Kier alpha value is -1.22. The molecule has 7 heteroatoms. The van der Waals surface area contributed by atoms with E-state index in [1.807, 2.05) is 0 Å².